The number of esters is 2. The van der Waals surface area contributed by atoms with Crippen molar-refractivity contribution in [3.63, 3.8) is 0 Å². The summed E-state index contributed by atoms with van der Waals surface area (Å²) in [4.78, 5) is 26.1. The maximum absolute atomic E-state index is 11.1. The number of nitrogens with zero attached hydrogens (tertiary/aromatic N) is 1. The summed E-state index contributed by atoms with van der Waals surface area (Å²) in [7, 11) is 2.52. The minimum Gasteiger partial charge on any atom is -0.468 e. The van der Waals surface area contributed by atoms with Crippen LogP contribution in [0.2, 0.25) is 0 Å². The minimum absolute atomic E-state index is 0.295. The van der Waals surface area contributed by atoms with Gasteiger partial charge in [0.15, 0.2) is 0 Å². The molecule has 0 amide bonds. The van der Waals surface area contributed by atoms with E-state index in [-0.39, 0.29) is 0 Å². The van der Waals surface area contributed by atoms with Gasteiger partial charge in [0.2, 0.25) is 0 Å². The third-order valence-electron chi connectivity index (χ3n) is 1.98. The van der Waals surface area contributed by atoms with E-state index in [2.05, 4.69) is 14.5 Å². The molecular weight excluding hydrogens is 212 g/mol. The van der Waals surface area contributed by atoms with Crippen LogP contribution >= 0.6 is 0 Å². The molecule has 1 rings (SSSR count). The van der Waals surface area contributed by atoms with E-state index in [9.17, 15) is 9.59 Å². The quantitative estimate of drug-likeness (QED) is 0.729. The summed E-state index contributed by atoms with van der Waals surface area (Å²) in [6.45, 7) is 0. The molecule has 1 aromatic rings. The van der Waals surface area contributed by atoms with Gasteiger partial charge in [0.1, 0.15) is 6.04 Å². The summed E-state index contributed by atoms with van der Waals surface area (Å²) in [5, 5.41) is 0. The van der Waals surface area contributed by atoms with Crippen molar-refractivity contribution in [2.45, 2.75) is 6.04 Å². The monoisotopic (exact) mass is 224 g/mol. The van der Waals surface area contributed by atoms with Crippen molar-refractivity contribution in [2.75, 3.05) is 14.2 Å². The summed E-state index contributed by atoms with van der Waals surface area (Å²) in [6, 6.07) is 2.02. The highest BCUT2D eigenvalue weighted by atomic mass is 16.5. The Morgan fingerprint density at radius 3 is 2.44 bits per heavy atom. The fourth-order valence-electron chi connectivity index (χ4n) is 1.08. The Morgan fingerprint density at radius 2 is 2.00 bits per heavy atom. The summed E-state index contributed by atoms with van der Waals surface area (Å²) in [5.41, 5.74) is 6.18. The molecule has 2 N–H and O–H groups in total. The van der Waals surface area contributed by atoms with Crippen LogP contribution in [0, 0.1) is 0 Å². The number of methoxy groups -OCH3 is 2. The molecule has 0 aromatic carbocycles. The van der Waals surface area contributed by atoms with Gasteiger partial charge in [0.05, 0.1) is 25.5 Å². The number of hydrogen-bond acceptors (Lipinski definition) is 6. The molecule has 0 spiro atoms. The smallest absolute Gasteiger partial charge is 0.339 e. The van der Waals surface area contributed by atoms with E-state index >= 15 is 0 Å². The molecule has 0 aliphatic carbocycles. The van der Waals surface area contributed by atoms with Gasteiger partial charge in [-0.3, -0.25) is 4.98 Å². The fourth-order valence-corrected chi connectivity index (χ4v) is 1.08. The predicted octanol–water partition coefficient (Wildman–Crippen LogP) is 0.0410. The first-order valence-corrected chi connectivity index (χ1v) is 4.47. The number of carbonyl (C=O) groups is 2. The SMILES string of the molecule is COC(=O)c1ccc(C(N)C(=O)OC)nc1. The van der Waals surface area contributed by atoms with Crippen molar-refractivity contribution >= 4 is 11.9 Å². The van der Waals surface area contributed by atoms with Crippen LogP contribution in [0.3, 0.4) is 0 Å². The number of ether oxygens (including phenoxy) is 2. The molecule has 0 fully saturated rings. The Balaban J connectivity index is 2.86. The largest absolute Gasteiger partial charge is 0.468 e. The fraction of sp³-hybridized carbons (Fsp3) is 0.300. The number of hydrogen-bond donors (Lipinski definition) is 1. The van der Waals surface area contributed by atoms with Crippen LogP contribution in [0.4, 0.5) is 0 Å². The molecule has 1 heterocycles. The maximum atomic E-state index is 11.1. The van der Waals surface area contributed by atoms with Crippen molar-refractivity contribution in [1.29, 1.82) is 0 Å². The minimum atomic E-state index is -0.948. The van der Waals surface area contributed by atoms with Gasteiger partial charge < -0.3 is 15.2 Å². The first kappa shape index (κ1) is 12.1. The first-order valence-electron chi connectivity index (χ1n) is 4.47. The predicted molar refractivity (Wildman–Crippen MR) is 54.5 cm³/mol. The normalized spacial score (nSPS) is 11.7. The third kappa shape index (κ3) is 2.54. The van der Waals surface area contributed by atoms with Gasteiger partial charge >= 0.3 is 11.9 Å². The zero-order chi connectivity index (χ0) is 12.1. The third-order valence-corrected chi connectivity index (χ3v) is 1.98. The molecule has 86 valence electrons. The lowest BCUT2D eigenvalue weighted by atomic mass is 10.2. The Morgan fingerprint density at radius 1 is 1.31 bits per heavy atom. The number of carbonyl (C=O) groups excluding carboxylic acids is 2. The summed E-state index contributed by atoms with van der Waals surface area (Å²) in [6.07, 6.45) is 1.30. The molecule has 16 heavy (non-hydrogen) atoms. The standard InChI is InChI=1S/C10H12N2O4/c1-15-9(13)6-3-4-7(12-5-6)8(11)10(14)16-2/h3-5,8H,11H2,1-2H3. The molecule has 0 saturated carbocycles. The summed E-state index contributed by atoms with van der Waals surface area (Å²) >= 11 is 0. The lowest BCUT2D eigenvalue weighted by Gasteiger charge is -2.08. The van der Waals surface area contributed by atoms with E-state index in [0.29, 0.717) is 11.3 Å². The van der Waals surface area contributed by atoms with Crippen molar-refractivity contribution in [3.8, 4) is 0 Å². The second-order valence-corrected chi connectivity index (χ2v) is 2.96. The van der Waals surface area contributed by atoms with Gasteiger partial charge in [-0.2, -0.15) is 0 Å². The van der Waals surface area contributed by atoms with Crippen LogP contribution in [-0.2, 0) is 14.3 Å². The Kier molecular flexibility index (Phi) is 3.96. The van der Waals surface area contributed by atoms with E-state index < -0.39 is 18.0 Å². The van der Waals surface area contributed by atoms with Gasteiger partial charge in [0.25, 0.3) is 0 Å². The number of nitrogens with two attached hydrogens (primary N) is 1. The zero-order valence-electron chi connectivity index (χ0n) is 8.97. The Bertz CT molecular complexity index is 388. The Labute approximate surface area is 92.4 Å². The highest BCUT2D eigenvalue weighted by molar-refractivity contribution is 5.89. The second kappa shape index (κ2) is 5.22. The lowest BCUT2D eigenvalue weighted by Crippen LogP contribution is -2.23. The number of rotatable bonds is 3. The van der Waals surface area contributed by atoms with Crippen LogP contribution in [0.25, 0.3) is 0 Å². The van der Waals surface area contributed by atoms with Crippen molar-refractivity contribution in [3.05, 3.63) is 29.6 Å². The maximum Gasteiger partial charge on any atom is 0.339 e. The van der Waals surface area contributed by atoms with E-state index in [0.717, 1.165) is 0 Å². The van der Waals surface area contributed by atoms with E-state index in [1.165, 1.54) is 32.5 Å². The molecule has 0 saturated heterocycles. The van der Waals surface area contributed by atoms with Gasteiger partial charge in [-0.05, 0) is 12.1 Å². The molecule has 0 aliphatic heterocycles. The van der Waals surface area contributed by atoms with Crippen LogP contribution in [-0.4, -0.2) is 31.1 Å². The van der Waals surface area contributed by atoms with Crippen LogP contribution in [0.1, 0.15) is 22.1 Å². The molecule has 1 unspecified atom stereocenters. The molecule has 0 aliphatic rings. The van der Waals surface area contributed by atoms with E-state index in [4.69, 9.17) is 5.73 Å². The van der Waals surface area contributed by atoms with Gasteiger partial charge in [-0.15, -0.1) is 0 Å². The summed E-state index contributed by atoms with van der Waals surface area (Å²) in [5.74, 6) is -1.08. The zero-order valence-corrected chi connectivity index (χ0v) is 8.97. The average Bonchev–Trinajstić information content (AvgIpc) is 2.36. The van der Waals surface area contributed by atoms with Crippen molar-refractivity contribution in [2.24, 2.45) is 5.73 Å². The first-order chi connectivity index (χ1) is 7.60. The van der Waals surface area contributed by atoms with Gasteiger partial charge in [0, 0.05) is 6.20 Å². The van der Waals surface area contributed by atoms with E-state index in [1.807, 2.05) is 0 Å². The average molecular weight is 224 g/mol. The van der Waals surface area contributed by atoms with Gasteiger partial charge in [-0.25, -0.2) is 9.59 Å². The second-order valence-electron chi connectivity index (χ2n) is 2.96. The van der Waals surface area contributed by atoms with Crippen LogP contribution in [0.5, 0.6) is 0 Å². The van der Waals surface area contributed by atoms with E-state index in [1.54, 1.807) is 0 Å². The number of pyridine rings is 1. The van der Waals surface area contributed by atoms with Crippen LogP contribution < -0.4 is 5.73 Å². The highest BCUT2D eigenvalue weighted by Gasteiger charge is 2.18. The highest BCUT2D eigenvalue weighted by Crippen LogP contribution is 2.10. The molecule has 0 radical (unpaired) electrons. The van der Waals surface area contributed by atoms with Crippen molar-refractivity contribution in [1.82, 2.24) is 4.98 Å². The topological polar surface area (TPSA) is 91.5 Å². The molecule has 1 atom stereocenters. The molecule has 0 bridgehead atoms. The van der Waals surface area contributed by atoms with Gasteiger partial charge in [-0.1, -0.05) is 0 Å². The molecule has 6 heteroatoms. The van der Waals surface area contributed by atoms with Crippen LogP contribution in [0.15, 0.2) is 18.3 Å². The molecule has 1 aromatic heterocycles. The molecular formula is C10H12N2O4. The lowest BCUT2D eigenvalue weighted by molar-refractivity contribution is -0.142. The van der Waals surface area contributed by atoms with Crippen molar-refractivity contribution < 1.29 is 19.1 Å². The number of aromatic nitrogens is 1. The summed E-state index contributed by atoms with van der Waals surface area (Å²) < 4.78 is 8.97. The molecule has 6 nitrogen and oxygen atoms in total. The Hall–Kier alpha value is -1.95.